The maximum absolute atomic E-state index is 4.38. The predicted octanol–water partition coefficient (Wildman–Crippen LogP) is 3.98. The zero-order valence-corrected chi connectivity index (χ0v) is 10.2. The number of fused-ring (bicyclic) bond motifs is 2. The average Bonchev–Trinajstić information content (AvgIpc) is 2.88. The smallest absolute Gasteiger partial charge is 0.182 e. The first kappa shape index (κ1) is 10.3. The Balaban J connectivity index is 2.05. The fourth-order valence-electron chi connectivity index (χ4n) is 2.42. The maximum atomic E-state index is 4.38. The minimum Gasteiger partial charge on any atom is -0.290 e. The Morgan fingerprint density at radius 2 is 1.47 bits per heavy atom. The molecule has 4 aromatic rings. The molecular weight excluding hydrogens is 232 g/mol. The van der Waals surface area contributed by atoms with Gasteiger partial charge in [-0.15, -0.1) is 0 Å². The van der Waals surface area contributed by atoms with Gasteiger partial charge in [0, 0.05) is 5.69 Å². The van der Waals surface area contributed by atoms with E-state index in [2.05, 4.69) is 53.8 Å². The summed E-state index contributed by atoms with van der Waals surface area (Å²) in [6.45, 7) is 0. The summed E-state index contributed by atoms with van der Waals surface area (Å²) in [5.74, 6) is 0. The lowest BCUT2D eigenvalue weighted by atomic mass is 10.1. The van der Waals surface area contributed by atoms with Gasteiger partial charge in [-0.25, -0.2) is 4.98 Å². The Kier molecular flexibility index (Phi) is 2.15. The second-order valence-corrected chi connectivity index (χ2v) is 4.57. The summed E-state index contributed by atoms with van der Waals surface area (Å²) < 4.78 is 2.00. The van der Waals surface area contributed by atoms with Crippen LogP contribution in [-0.2, 0) is 0 Å². The number of imidazole rings is 1. The van der Waals surface area contributed by atoms with Crippen LogP contribution in [0.5, 0.6) is 0 Å². The lowest BCUT2D eigenvalue weighted by Gasteiger charge is -2.04. The zero-order chi connectivity index (χ0) is 12.7. The van der Waals surface area contributed by atoms with Gasteiger partial charge < -0.3 is 0 Å². The van der Waals surface area contributed by atoms with E-state index in [0.29, 0.717) is 0 Å². The van der Waals surface area contributed by atoms with E-state index >= 15 is 0 Å². The van der Waals surface area contributed by atoms with Crippen molar-refractivity contribution < 1.29 is 0 Å². The highest BCUT2D eigenvalue weighted by Crippen LogP contribution is 2.23. The van der Waals surface area contributed by atoms with Crippen LogP contribution in [0.3, 0.4) is 0 Å². The van der Waals surface area contributed by atoms with E-state index in [1.165, 1.54) is 10.8 Å². The molecule has 0 aliphatic carbocycles. The SMILES string of the molecule is [c]1nc2cc3ccccc3cc2n1-c1ccccc1. The van der Waals surface area contributed by atoms with Crippen LogP contribution < -0.4 is 0 Å². The summed E-state index contributed by atoms with van der Waals surface area (Å²) in [7, 11) is 0. The molecule has 3 aromatic carbocycles. The molecule has 0 aliphatic heterocycles. The monoisotopic (exact) mass is 243 g/mol. The van der Waals surface area contributed by atoms with Crippen LogP contribution in [0.2, 0.25) is 0 Å². The van der Waals surface area contributed by atoms with Gasteiger partial charge in [0.05, 0.1) is 11.0 Å². The zero-order valence-electron chi connectivity index (χ0n) is 10.2. The normalized spacial score (nSPS) is 11.2. The van der Waals surface area contributed by atoms with Crippen molar-refractivity contribution in [3.8, 4) is 5.69 Å². The van der Waals surface area contributed by atoms with Crippen molar-refractivity contribution in [1.82, 2.24) is 9.55 Å². The number of benzene rings is 3. The average molecular weight is 243 g/mol. The highest BCUT2D eigenvalue weighted by atomic mass is 15.0. The Labute approximate surface area is 110 Å². The van der Waals surface area contributed by atoms with Gasteiger partial charge in [-0.2, -0.15) is 0 Å². The van der Waals surface area contributed by atoms with Crippen molar-refractivity contribution in [1.29, 1.82) is 0 Å². The van der Waals surface area contributed by atoms with E-state index in [9.17, 15) is 0 Å². The highest BCUT2D eigenvalue weighted by Gasteiger charge is 2.06. The predicted molar refractivity (Wildman–Crippen MR) is 77.4 cm³/mol. The van der Waals surface area contributed by atoms with Gasteiger partial charge in [0.2, 0.25) is 0 Å². The van der Waals surface area contributed by atoms with E-state index in [4.69, 9.17) is 0 Å². The number of para-hydroxylation sites is 1. The van der Waals surface area contributed by atoms with Crippen LogP contribution in [0.25, 0.3) is 27.5 Å². The second-order valence-electron chi connectivity index (χ2n) is 4.57. The van der Waals surface area contributed by atoms with Crippen LogP contribution in [0.4, 0.5) is 0 Å². The Morgan fingerprint density at radius 3 is 2.26 bits per heavy atom. The van der Waals surface area contributed by atoms with E-state index in [1.54, 1.807) is 0 Å². The van der Waals surface area contributed by atoms with Crippen LogP contribution in [0, 0.1) is 6.33 Å². The van der Waals surface area contributed by atoms with Crippen LogP contribution in [0.15, 0.2) is 66.7 Å². The van der Waals surface area contributed by atoms with Crippen LogP contribution in [-0.4, -0.2) is 9.55 Å². The van der Waals surface area contributed by atoms with Gasteiger partial charge in [0.15, 0.2) is 6.33 Å². The molecule has 1 radical (unpaired) electrons. The quantitative estimate of drug-likeness (QED) is 0.494. The molecular formula is C17H11N2. The molecule has 0 bridgehead atoms. The highest BCUT2D eigenvalue weighted by molar-refractivity contribution is 5.95. The van der Waals surface area contributed by atoms with E-state index in [1.807, 2.05) is 28.8 Å². The summed E-state index contributed by atoms with van der Waals surface area (Å²) in [5.41, 5.74) is 3.15. The van der Waals surface area contributed by atoms with Gasteiger partial charge in [-0.1, -0.05) is 42.5 Å². The van der Waals surface area contributed by atoms with Crippen molar-refractivity contribution >= 4 is 21.8 Å². The first-order chi connectivity index (χ1) is 9.42. The van der Waals surface area contributed by atoms with E-state index in [-0.39, 0.29) is 0 Å². The summed E-state index contributed by atoms with van der Waals surface area (Å²) >= 11 is 0. The molecule has 0 unspecified atom stereocenters. The van der Waals surface area contributed by atoms with Crippen molar-refractivity contribution in [2.45, 2.75) is 0 Å². The molecule has 0 saturated carbocycles. The van der Waals surface area contributed by atoms with Crippen LogP contribution in [0.1, 0.15) is 0 Å². The van der Waals surface area contributed by atoms with Crippen LogP contribution >= 0.6 is 0 Å². The maximum Gasteiger partial charge on any atom is 0.182 e. The molecule has 0 fully saturated rings. The summed E-state index contributed by atoms with van der Waals surface area (Å²) in [5, 5.41) is 2.43. The number of aromatic nitrogens is 2. The van der Waals surface area contributed by atoms with Crippen molar-refractivity contribution in [3.63, 3.8) is 0 Å². The third-order valence-electron chi connectivity index (χ3n) is 3.37. The first-order valence-electron chi connectivity index (χ1n) is 6.26. The molecule has 1 heterocycles. The number of hydrogen-bond acceptors (Lipinski definition) is 1. The van der Waals surface area contributed by atoms with Gasteiger partial charge in [-0.3, -0.25) is 4.57 Å². The molecule has 89 valence electrons. The minimum absolute atomic E-state index is 0.975. The molecule has 1 aromatic heterocycles. The number of rotatable bonds is 1. The molecule has 0 N–H and O–H groups in total. The van der Waals surface area contributed by atoms with Crippen molar-refractivity contribution in [2.24, 2.45) is 0 Å². The molecule has 19 heavy (non-hydrogen) atoms. The lowest BCUT2D eigenvalue weighted by molar-refractivity contribution is 1.08. The summed E-state index contributed by atoms with van der Waals surface area (Å²) in [6.07, 6.45) is 3.07. The van der Waals surface area contributed by atoms with Gasteiger partial charge >= 0.3 is 0 Å². The molecule has 2 nitrogen and oxygen atoms in total. The van der Waals surface area contributed by atoms with Gasteiger partial charge in [0.1, 0.15) is 0 Å². The Bertz CT molecular complexity index is 860. The van der Waals surface area contributed by atoms with Crippen molar-refractivity contribution in [3.05, 3.63) is 73.1 Å². The molecule has 0 spiro atoms. The molecule has 4 rings (SSSR count). The molecule has 0 saturated heterocycles. The second kappa shape index (κ2) is 3.95. The molecule has 0 aliphatic rings. The third-order valence-corrected chi connectivity index (χ3v) is 3.37. The standard InChI is InChI=1S/C17H11N2/c1-2-8-15(9-3-1)19-12-18-16-10-13-6-4-5-7-14(13)11-17(16)19/h1-11H. The van der Waals surface area contributed by atoms with Crippen molar-refractivity contribution in [2.75, 3.05) is 0 Å². The van der Waals surface area contributed by atoms with E-state index in [0.717, 1.165) is 16.7 Å². The van der Waals surface area contributed by atoms with E-state index < -0.39 is 0 Å². The number of hydrogen-bond donors (Lipinski definition) is 0. The minimum atomic E-state index is 0.975. The summed E-state index contributed by atoms with van der Waals surface area (Å²) in [4.78, 5) is 4.38. The topological polar surface area (TPSA) is 17.8 Å². The first-order valence-corrected chi connectivity index (χ1v) is 6.26. The fraction of sp³-hybridized carbons (Fsp3) is 0. The lowest BCUT2D eigenvalue weighted by Crippen LogP contribution is -1.91. The third kappa shape index (κ3) is 1.61. The Hall–Kier alpha value is -2.61. The van der Waals surface area contributed by atoms with Gasteiger partial charge in [-0.05, 0) is 35.0 Å². The Morgan fingerprint density at radius 1 is 0.789 bits per heavy atom. The summed E-state index contributed by atoms with van der Waals surface area (Å²) in [6, 6.07) is 22.8. The van der Waals surface area contributed by atoms with Gasteiger partial charge in [0.25, 0.3) is 0 Å². The molecule has 0 amide bonds. The largest absolute Gasteiger partial charge is 0.290 e. The fourth-order valence-corrected chi connectivity index (χ4v) is 2.42. The molecule has 0 atom stereocenters. The number of nitrogens with zero attached hydrogens (tertiary/aromatic N) is 2. The molecule has 2 heteroatoms.